The number of hydrogen-bond acceptors (Lipinski definition) is 5. The van der Waals surface area contributed by atoms with E-state index in [2.05, 4.69) is 17.1 Å². The highest BCUT2D eigenvalue weighted by Gasteiger charge is 2.04. The van der Waals surface area contributed by atoms with Gasteiger partial charge in [0.1, 0.15) is 5.01 Å². The van der Waals surface area contributed by atoms with Crippen molar-refractivity contribution in [3.63, 3.8) is 0 Å². The molecule has 19 heavy (non-hydrogen) atoms. The fourth-order valence-corrected chi connectivity index (χ4v) is 2.49. The number of thiazole rings is 1. The summed E-state index contributed by atoms with van der Waals surface area (Å²) in [5.74, 6) is 0. The van der Waals surface area contributed by atoms with Gasteiger partial charge in [-0.05, 0) is 11.6 Å². The van der Waals surface area contributed by atoms with Gasteiger partial charge >= 0.3 is 0 Å². The maximum atomic E-state index is 5.58. The average molecular weight is 278 g/mol. The highest BCUT2D eigenvalue weighted by Crippen LogP contribution is 2.24. The van der Waals surface area contributed by atoms with Gasteiger partial charge in [-0.25, -0.2) is 4.98 Å². The Balaban J connectivity index is 2.02. The number of nitrogens with zero attached hydrogens (tertiary/aromatic N) is 1. The topological polar surface area (TPSA) is 57.4 Å². The van der Waals surface area contributed by atoms with Gasteiger partial charge in [-0.1, -0.05) is 18.2 Å². The molecule has 1 aromatic carbocycles. The molecule has 0 aliphatic rings. The zero-order valence-corrected chi connectivity index (χ0v) is 11.8. The molecule has 0 saturated heterocycles. The molecule has 2 aromatic rings. The molecule has 0 fully saturated rings. The van der Waals surface area contributed by atoms with E-state index in [1.165, 1.54) is 0 Å². The molecule has 0 atom stereocenters. The number of aromatic nitrogens is 1. The fourth-order valence-electron chi connectivity index (χ4n) is 1.66. The van der Waals surface area contributed by atoms with Crippen LogP contribution in [-0.2, 0) is 22.6 Å². The van der Waals surface area contributed by atoms with E-state index in [9.17, 15) is 0 Å². The van der Waals surface area contributed by atoms with Crippen LogP contribution in [0.3, 0.4) is 0 Å². The lowest BCUT2D eigenvalue weighted by atomic mass is 10.1. The Kier molecular flexibility index (Phi) is 5.47. The highest BCUT2D eigenvalue weighted by atomic mass is 32.1. The van der Waals surface area contributed by atoms with E-state index >= 15 is 0 Å². The van der Waals surface area contributed by atoms with Gasteiger partial charge in [0.05, 0.1) is 25.5 Å². The van der Waals surface area contributed by atoms with E-state index in [1.54, 1.807) is 18.4 Å². The predicted molar refractivity (Wildman–Crippen MR) is 77.0 cm³/mol. The van der Waals surface area contributed by atoms with Crippen molar-refractivity contribution in [2.24, 2.45) is 5.73 Å². The molecule has 0 saturated carbocycles. The molecule has 2 N–H and O–H groups in total. The van der Waals surface area contributed by atoms with E-state index in [-0.39, 0.29) is 0 Å². The van der Waals surface area contributed by atoms with Crippen molar-refractivity contribution in [2.45, 2.75) is 13.2 Å². The van der Waals surface area contributed by atoms with Crippen molar-refractivity contribution in [2.75, 3.05) is 20.3 Å². The molecule has 2 rings (SSSR count). The van der Waals surface area contributed by atoms with Crippen LogP contribution in [0.25, 0.3) is 10.6 Å². The molecule has 1 heterocycles. The molecule has 4 nitrogen and oxygen atoms in total. The largest absolute Gasteiger partial charge is 0.382 e. The first-order chi connectivity index (χ1) is 9.33. The van der Waals surface area contributed by atoms with Crippen molar-refractivity contribution >= 4 is 11.3 Å². The summed E-state index contributed by atoms with van der Waals surface area (Å²) in [6.45, 7) is 2.30. The van der Waals surface area contributed by atoms with Gasteiger partial charge in [0.2, 0.25) is 0 Å². The van der Waals surface area contributed by atoms with E-state index < -0.39 is 0 Å². The number of benzene rings is 1. The van der Waals surface area contributed by atoms with Crippen LogP contribution in [0.2, 0.25) is 0 Å². The van der Waals surface area contributed by atoms with Gasteiger partial charge < -0.3 is 15.2 Å². The standard InChI is InChI=1S/C14H18N2O2S/c1-17-5-6-18-9-11-3-2-4-12(7-11)14-16-13(8-15)10-19-14/h2-4,7,10H,5-6,8-9,15H2,1H3. The third-order valence-corrected chi connectivity index (χ3v) is 3.58. The quantitative estimate of drug-likeness (QED) is 0.790. The van der Waals surface area contributed by atoms with E-state index in [0.29, 0.717) is 26.4 Å². The number of nitrogens with two attached hydrogens (primary N) is 1. The van der Waals surface area contributed by atoms with Gasteiger partial charge in [0, 0.05) is 24.6 Å². The first-order valence-corrected chi connectivity index (χ1v) is 7.02. The second-order valence-corrected chi connectivity index (χ2v) is 4.95. The molecule has 0 amide bonds. The molecule has 0 radical (unpaired) electrons. The van der Waals surface area contributed by atoms with Crippen LogP contribution < -0.4 is 5.73 Å². The molecular weight excluding hydrogens is 260 g/mol. The van der Waals surface area contributed by atoms with Crippen LogP contribution in [0.15, 0.2) is 29.6 Å². The normalized spacial score (nSPS) is 10.8. The van der Waals surface area contributed by atoms with Gasteiger partial charge in [0.15, 0.2) is 0 Å². The molecule has 0 aliphatic carbocycles. The Morgan fingerprint density at radius 3 is 2.95 bits per heavy atom. The van der Waals surface area contributed by atoms with Gasteiger partial charge in [-0.15, -0.1) is 11.3 Å². The van der Waals surface area contributed by atoms with Crippen LogP contribution >= 0.6 is 11.3 Å². The van der Waals surface area contributed by atoms with Gasteiger partial charge in [-0.2, -0.15) is 0 Å². The van der Waals surface area contributed by atoms with Crippen molar-refractivity contribution < 1.29 is 9.47 Å². The predicted octanol–water partition coefficient (Wildman–Crippen LogP) is 2.43. The van der Waals surface area contributed by atoms with E-state index in [4.69, 9.17) is 15.2 Å². The summed E-state index contributed by atoms with van der Waals surface area (Å²) in [4.78, 5) is 4.48. The van der Waals surface area contributed by atoms with Gasteiger partial charge in [-0.3, -0.25) is 0 Å². The molecule has 1 aromatic heterocycles. The molecule has 0 aliphatic heterocycles. The summed E-state index contributed by atoms with van der Waals surface area (Å²) in [5.41, 5.74) is 8.76. The Bertz CT molecular complexity index is 514. The Hall–Kier alpha value is -1.27. The summed E-state index contributed by atoms with van der Waals surface area (Å²) in [6.07, 6.45) is 0. The summed E-state index contributed by atoms with van der Waals surface area (Å²) < 4.78 is 10.5. The monoisotopic (exact) mass is 278 g/mol. The first kappa shape index (κ1) is 14.1. The average Bonchev–Trinajstić information content (AvgIpc) is 2.93. The summed E-state index contributed by atoms with van der Waals surface area (Å²) in [7, 11) is 1.67. The van der Waals surface area contributed by atoms with E-state index in [0.717, 1.165) is 21.8 Å². The van der Waals surface area contributed by atoms with E-state index in [1.807, 2.05) is 17.5 Å². The van der Waals surface area contributed by atoms with Crippen LogP contribution in [0, 0.1) is 0 Å². The Morgan fingerprint density at radius 1 is 1.32 bits per heavy atom. The molecule has 5 heteroatoms. The Morgan fingerprint density at radius 2 is 2.21 bits per heavy atom. The highest BCUT2D eigenvalue weighted by molar-refractivity contribution is 7.13. The minimum Gasteiger partial charge on any atom is -0.382 e. The Labute approximate surface area is 117 Å². The second kappa shape index (κ2) is 7.35. The SMILES string of the molecule is COCCOCc1cccc(-c2nc(CN)cs2)c1. The lowest BCUT2D eigenvalue weighted by Crippen LogP contribution is -2.01. The third-order valence-electron chi connectivity index (χ3n) is 2.64. The number of rotatable bonds is 7. The summed E-state index contributed by atoms with van der Waals surface area (Å²) in [5, 5.41) is 3.00. The van der Waals surface area contributed by atoms with Crippen LogP contribution in [0.1, 0.15) is 11.3 Å². The van der Waals surface area contributed by atoms with Crippen LogP contribution in [0.4, 0.5) is 0 Å². The van der Waals surface area contributed by atoms with Crippen molar-refractivity contribution in [1.82, 2.24) is 4.98 Å². The van der Waals surface area contributed by atoms with Crippen LogP contribution in [0.5, 0.6) is 0 Å². The maximum Gasteiger partial charge on any atom is 0.123 e. The third kappa shape index (κ3) is 4.11. The number of ether oxygens (including phenoxy) is 2. The van der Waals surface area contributed by atoms with Crippen molar-refractivity contribution in [1.29, 1.82) is 0 Å². The lowest BCUT2D eigenvalue weighted by molar-refractivity contribution is 0.0617. The molecule has 0 bridgehead atoms. The minimum absolute atomic E-state index is 0.482. The van der Waals surface area contributed by atoms with Crippen molar-refractivity contribution in [3.8, 4) is 10.6 Å². The number of hydrogen-bond donors (Lipinski definition) is 1. The van der Waals surface area contributed by atoms with Crippen molar-refractivity contribution in [3.05, 3.63) is 40.9 Å². The number of methoxy groups -OCH3 is 1. The first-order valence-electron chi connectivity index (χ1n) is 6.14. The smallest absolute Gasteiger partial charge is 0.123 e. The summed E-state index contributed by atoms with van der Waals surface area (Å²) >= 11 is 1.62. The maximum absolute atomic E-state index is 5.58. The van der Waals surface area contributed by atoms with Crippen LogP contribution in [-0.4, -0.2) is 25.3 Å². The summed E-state index contributed by atoms with van der Waals surface area (Å²) in [6, 6.07) is 8.23. The lowest BCUT2D eigenvalue weighted by Gasteiger charge is -2.05. The molecule has 102 valence electrons. The fraction of sp³-hybridized carbons (Fsp3) is 0.357. The second-order valence-electron chi connectivity index (χ2n) is 4.09. The molecule has 0 spiro atoms. The molecule has 0 unspecified atom stereocenters. The van der Waals surface area contributed by atoms with Gasteiger partial charge in [0.25, 0.3) is 0 Å². The molecular formula is C14H18N2O2S. The zero-order chi connectivity index (χ0) is 13.5. The minimum atomic E-state index is 0.482. The zero-order valence-electron chi connectivity index (χ0n) is 11.0.